The zero-order valence-corrected chi connectivity index (χ0v) is 4.69. The van der Waals surface area contributed by atoms with Gasteiger partial charge < -0.3 is 5.73 Å². The van der Waals surface area contributed by atoms with E-state index >= 15 is 0 Å². The number of hydrogen-bond acceptors (Lipinski definition) is 1. The van der Waals surface area contributed by atoms with E-state index in [4.69, 9.17) is 0 Å². The van der Waals surface area contributed by atoms with E-state index < -0.39 is 0 Å². The molecule has 1 heteroatoms. The van der Waals surface area contributed by atoms with Crippen LogP contribution in [0.4, 0.5) is 0 Å². The van der Waals surface area contributed by atoms with Gasteiger partial charge in [0.1, 0.15) is 0 Å². The van der Waals surface area contributed by atoms with Crippen molar-refractivity contribution in [3.63, 3.8) is 0 Å². The van der Waals surface area contributed by atoms with Crippen molar-refractivity contribution >= 4 is 0 Å². The minimum absolute atomic E-state index is 0. The molecule has 0 fully saturated rings. The lowest BCUT2D eigenvalue weighted by molar-refractivity contribution is 1.64. The van der Waals surface area contributed by atoms with E-state index in [1.807, 2.05) is 0 Å². The van der Waals surface area contributed by atoms with Crippen molar-refractivity contribution in [1.82, 2.24) is 0 Å². The minimum Gasteiger partial charge on any atom is -0.405 e. The maximum Gasteiger partial charge on any atom is -0.0136 e. The zero-order valence-electron chi connectivity index (χ0n) is 4.69. The highest BCUT2D eigenvalue weighted by Crippen LogP contribution is 1.13. The van der Waals surface area contributed by atoms with Crippen LogP contribution in [-0.2, 0) is 0 Å². The van der Waals surface area contributed by atoms with Gasteiger partial charge in [0.05, 0.1) is 0 Å². The van der Waals surface area contributed by atoms with Crippen molar-refractivity contribution in [2.75, 3.05) is 0 Å². The average Bonchev–Trinajstić information content (AvgIpc) is 1.78. The monoisotopic (exact) mass is 147 g/mol. The highest BCUT2D eigenvalue weighted by atomic mass is 14.5. The molecule has 0 aromatic heterocycles. The first-order valence-corrected chi connectivity index (χ1v) is 1.74. The van der Waals surface area contributed by atoms with E-state index in [-0.39, 0.29) is 22.3 Å². The minimum atomic E-state index is 0. The smallest absolute Gasteiger partial charge is 0.0136 e. The van der Waals surface area contributed by atoms with Gasteiger partial charge in [0.2, 0.25) is 0 Å². The first-order chi connectivity index (χ1) is 3.41. The van der Waals surface area contributed by atoms with Crippen LogP contribution in [0.5, 0.6) is 0 Å². The van der Waals surface area contributed by atoms with E-state index in [2.05, 4.69) is 38.6 Å². The predicted molar refractivity (Wildman–Crippen MR) is 57.1 cm³/mol. The molecule has 0 saturated heterocycles. The van der Waals surface area contributed by atoms with Crippen LogP contribution in [0.25, 0.3) is 0 Å². The number of rotatable bonds is 0. The molecule has 0 bridgehead atoms. The third kappa shape index (κ3) is 265. The molecule has 2 N–H and O–H groups in total. The molecule has 0 spiro atoms. The van der Waals surface area contributed by atoms with Gasteiger partial charge in [-0.15, -0.1) is 26.3 Å². The fraction of sp³-hybridized carbons (Fsp3) is 0.333. The van der Waals surface area contributed by atoms with Crippen molar-refractivity contribution in [2.45, 2.75) is 22.3 Å². The SMILES string of the molecule is C.C.C.C=C.C=C.C=CN. The maximum absolute atomic E-state index is 4.61. The number of nitrogens with two attached hydrogens (primary N) is 1. The van der Waals surface area contributed by atoms with Crippen LogP contribution < -0.4 is 5.73 Å². The first-order valence-electron chi connectivity index (χ1n) is 1.74. The second-order valence-corrected chi connectivity index (χ2v) is 0.236. The van der Waals surface area contributed by atoms with E-state index in [0.717, 1.165) is 0 Å². The number of hydrogen-bond donors (Lipinski definition) is 1. The summed E-state index contributed by atoms with van der Waals surface area (Å²) in [4.78, 5) is 0. The first kappa shape index (κ1) is 63.6. The molecule has 66 valence electrons. The van der Waals surface area contributed by atoms with Crippen molar-refractivity contribution in [2.24, 2.45) is 5.73 Å². The summed E-state index contributed by atoms with van der Waals surface area (Å²) in [5.74, 6) is 0. The summed E-state index contributed by atoms with van der Waals surface area (Å²) in [5, 5.41) is 0. The van der Waals surface area contributed by atoms with E-state index in [9.17, 15) is 0 Å². The third-order valence-electron chi connectivity index (χ3n) is 0. The van der Waals surface area contributed by atoms with Crippen LogP contribution in [0.15, 0.2) is 39.1 Å². The molecule has 0 aromatic carbocycles. The summed E-state index contributed by atoms with van der Waals surface area (Å²) in [6.45, 7) is 15.1. The topological polar surface area (TPSA) is 26.0 Å². The summed E-state index contributed by atoms with van der Waals surface area (Å²) in [5.41, 5.74) is 4.61. The second kappa shape index (κ2) is 988000. The van der Waals surface area contributed by atoms with Crippen molar-refractivity contribution in [1.29, 1.82) is 0 Å². The molecule has 0 unspecified atom stereocenters. The average molecular weight is 147 g/mol. The fourth-order valence-corrected chi connectivity index (χ4v) is 0. The van der Waals surface area contributed by atoms with Crippen LogP contribution in [0.3, 0.4) is 0 Å². The predicted octanol–water partition coefficient (Wildman–Crippen LogP) is 3.60. The largest absolute Gasteiger partial charge is 0.405 e. The van der Waals surface area contributed by atoms with Gasteiger partial charge in [-0.25, -0.2) is 0 Å². The molecule has 0 aromatic rings. The Kier molecular flexibility index (Phi) is 6290000. The van der Waals surface area contributed by atoms with E-state index in [1.165, 1.54) is 6.20 Å². The molecule has 0 heterocycles. The molecule has 0 radical (unpaired) electrons. The Morgan fingerprint density at radius 2 is 0.800 bits per heavy atom. The lowest BCUT2D eigenvalue weighted by atomic mass is 11.1. The quantitative estimate of drug-likeness (QED) is 0.520. The van der Waals surface area contributed by atoms with Gasteiger partial charge >= 0.3 is 0 Å². The molecule has 10 heavy (non-hydrogen) atoms. The molecule has 0 aliphatic carbocycles. The maximum atomic E-state index is 4.61. The molecule has 0 saturated carbocycles. The zero-order chi connectivity index (χ0) is 6.71. The fourth-order valence-electron chi connectivity index (χ4n) is 0. The van der Waals surface area contributed by atoms with Crippen LogP contribution in [0.2, 0.25) is 0 Å². The van der Waals surface area contributed by atoms with Crippen molar-refractivity contribution in [3.05, 3.63) is 39.1 Å². The van der Waals surface area contributed by atoms with E-state index in [0.29, 0.717) is 0 Å². The van der Waals surface area contributed by atoms with Gasteiger partial charge in [-0.05, 0) is 6.20 Å². The Bertz CT molecular complexity index is 23.9. The summed E-state index contributed by atoms with van der Waals surface area (Å²) in [6.07, 6.45) is 1.25. The normalized spacial score (nSPS) is 2.00. The van der Waals surface area contributed by atoms with Gasteiger partial charge in [-0.1, -0.05) is 28.9 Å². The highest BCUT2D eigenvalue weighted by molar-refractivity contribution is 4.48. The summed E-state index contributed by atoms with van der Waals surface area (Å²) in [6, 6.07) is 0. The molecule has 0 aliphatic rings. The lowest BCUT2D eigenvalue weighted by Crippen LogP contribution is -1.67. The second-order valence-electron chi connectivity index (χ2n) is 0.236. The van der Waals surface area contributed by atoms with Gasteiger partial charge in [0.15, 0.2) is 0 Å². The van der Waals surface area contributed by atoms with E-state index in [1.54, 1.807) is 0 Å². The molecule has 0 atom stereocenters. The summed E-state index contributed by atoms with van der Waals surface area (Å²) < 4.78 is 0. The van der Waals surface area contributed by atoms with Crippen LogP contribution in [0.1, 0.15) is 22.3 Å². The molecule has 0 amide bonds. The van der Waals surface area contributed by atoms with Crippen LogP contribution in [-0.4, -0.2) is 0 Å². The van der Waals surface area contributed by atoms with Gasteiger partial charge in [-0.2, -0.15) is 0 Å². The molecular weight excluding hydrogens is 122 g/mol. The van der Waals surface area contributed by atoms with Crippen molar-refractivity contribution < 1.29 is 0 Å². The van der Waals surface area contributed by atoms with Crippen LogP contribution in [0, 0.1) is 0 Å². The molecular formula is C9H25N. The molecule has 1 nitrogen and oxygen atoms in total. The Balaban J connectivity index is -0.00000000536. The molecule has 0 aliphatic heterocycles. The standard InChI is InChI=1S/C2H5N.2C2H4.3CH4/c1-2-3;2*1-2;;;/h2H,1,3H2;2*1-2H2;3*1H4. The Hall–Kier alpha value is -0.980. The Morgan fingerprint density at radius 3 is 0.800 bits per heavy atom. The van der Waals surface area contributed by atoms with Crippen LogP contribution >= 0.6 is 0 Å². The summed E-state index contributed by atoms with van der Waals surface area (Å²) >= 11 is 0. The van der Waals surface area contributed by atoms with Gasteiger partial charge in [0.25, 0.3) is 0 Å². The summed E-state index contributed by atoms with van der Waals surface area (Å²) in [7, 11) is 0. The van der Waals surface area contributed by atoms with Gasteiger partial charge in [-0.3, -0.25) is 0 Å². The Labute approximate surface area is 68.0 Å². The lowest BCUT2D eigenvalue weighted by Gasteiger charge is -1.40. The highest BCUT2D eigenvalue weighted by Gasteiger charge is 1.09. The third-order valence-corrected chi connectivity index (χ3v) is 0. The molecule has 0 rings (SSSR count). The van der Waals surface area contributed by atoms with Crippen molar-refractivity contribution in [3.8, 4) is 0 Å². The Morgan fingerprint density at radius 1 is 0.800 bits per heavy atom. The van der Waals surface area contributed by atoms with Gasteiger partial charge in [0, 0.05) is 0 Å².